The highest BCUT2D eigenvalue weighted by molar-refractivity contribution is 4.81. The predicted molar refractivity (Wildman–Crippen MR) is 39.2 cm³/mol. The number of halogens is 1. The van der Waals surface area contributed by atoms with Crippen molar-refractivity contribution >= 4 is 0 Å². The SMILES string of the molecule is Cc1n(C(C)N)cc[n+]1C.[Br-]. The van der Waals surface area contributed by atoms with Crippen molar-refractivity contribution in [2.24, 2.45) is 12.8 Å². The van der Waals surface area contributed by atoms with Gasteiger partial charge in [-0.1, -0.05) is 0 Å². The summed E-state index contributed by atoms with van der Waals surface area (Å²) >= 11 is 0. The van der Waals surface area contributed by atoms with Crippen molar-refractivity contribution in [1.82, 2.24) is 4.57 Å². The van der Waals surface area contributed by atoms with Gasteiger partial charge >= 0.3 is 0 Å². The van der Waals surface area contributed by atoms with Gasteiger partial charge in [0.05, 0.1) is 7.05 Å². The lowest BCUT2D eigenvalue weighted by Gasteiger charge is -2.00. The Labute approximate surface area is 77.6 Å². The highest BCUT2D eigenvalue weighted by Crippen LogP contribution is 1.98. The smallest absolute Gasteiger partial charge is 0.254 e. The van der Waals surface area contributed by atoms with Gasteiger partial charge in [-0.2, -0.15) is 0 Å². The van der Waals surface area contributed by atoms with Crippen LogP contribution in [0, 0.1) is 6.92 Å². The van der Waals surface area contributed by atoms with Crippen LogP contribution in [0.4, 0.5) is 0 Å². The highest BCUT2D eigenvalue weighted by Gasteiger charge is 2.10. The largest absolute Gasteiger partial charge is 1.00 e. The van der Waals surface area contributed by atoms with Gasteiger partial charge in [0.25, 0.3) is 5.82 Å². The minimum absolute atomic E-state index is 0. The maximum absolute atomic E-state index is 5.68. The van der Waals surface area contributed by atoms with Crippen molar-refractivity contribution in [3.8, 4) is 0 Å². The Morgan fingerprint density at radius 3 is 2.36 bits per heavy atom. The fraction of sp³-hybridized carbons (Fsp3) is 0.571. The standard InChI is InChI=1S/C7H14N3.BrH/c1-6(8)10-5-4-9(3)7(10)2;/h4-6H,8H2,1-3H3;1H/q+1;/p-1. The van der Waals surface area contributed by atoms with Crippen LogP contribution in [-0.2, 0) is 7.05 Å². The van der Waals surface area contributed by atoms with Crippen molar-refractivity contribution in [2.45, 2.75) is 20.0 Å². The zero-order valence-electron chi connectivity index (χ0n) is 7.08. The summed E-state index contributed by atoms with van der Waals surface area (Å²) in [6, 6.07) is 0. The number of nitrogens with two attached hydrogens (primary N) is 1. The molecule has 0 aliphatic carbocycles. The summed E-state index contributed by atoms with van der Waals surface area (Å²) in [6.45, 7) is 4.01. The lowest BCUT2D eigenvalue weighted by atomic mass is 10.5. The number of nitrogens with zero attached hydrogens (tertiary/aromatic N) is 2. The molecule has 0 aliphatic heterocycles. The molecule has 64 valence electrons. The number of rotatable bonds is 1. The summed E-state index contributed by atoms with van der Waals surface area (Å²) in [6.07, 6.45) is 4.06. The molecule has 1 aromatic rings. The molecule has 11 heavy (non-hydrogen) atoms. The van der Waals surface area contributed by atoms with E-state index >= 15 is 0 Å². The third-order valence-electron chi connectivity index (χ3n) is 1.77. The van der Waals surface area contributed by atoms with E-state index in [1.54, 1.807) is 0 Å². The number of hydrogen-bond donors (Lipinski definition) is 1. The molecule has 1 unspecified atom stereocenters. The van der Waals surface area contributed by atoms with Crippen LogP contribution in [0.15, 0.2) is 12.4 Å². The van der Waals surface area contributed by atoms with E-state index < -0.39 is 0 Å². The topological polar surface area (TPSA) is 34.8 Å². The van der Waals surface area contributed by atoms with Gasteiger partial charge in [-0.05, 0) is 6.92 Å². The molecular formula is C7H14BrN3. The Bertz CT molecular complexity index is 230. The molecule has 0 aromatic carbocycles. The molecule has 0 saturated carbocycles. The molecule has 0 spiro atoms. The van der Waals surface area contributed by atoms with Crippen LogP contribution >= 0.6 is 0 Å². The van der Waals surface area contributed by atoms with E-state index in [1.807, 2.05) is 42.4 Å². The zero-order chi connectivity index (χ0) is 7.72. The maximum atomic E-state index is 5.68. The van der Waals surface area contributed by atoms with Crippen molar-refractivity contribution in [3.05, 3.63) is 18.2 Å². The molecule has 1 heterocycles. The molecule has 0 aliphatic rings. The van der Waals surface area contributed by atoms with E-state index in [2.05, 4.69) is 0 Å². The molecular weight excluding hydrogens is 206 g/mol. The maximum Gasteiger partial charge on any atom is 0.254 e. The average Bonchev–Trinajstić information content (AvgIpc) is 2.14. The van der Waals surface area contributed by atoms with E-state index in [9.17, 15) is 0 Å². The Morgan fingerprint density at radius 2 is 2.18 bits per heavy atom. The summed E-state index contributed by atoms with van der Waals surface area (Å²) in [5.74, 6) is 1.18. The van der Waals surface area contributed by atoms with Gasteiger partial charge in [-0.25, -0.2) is 9.13 Å². The van der Waals surface area contributed by atoms with Gasteiger partial charge in [0.2, 0.25) is 0 Å². The normalized spacial score (nSPS) is 12.4. The predicted octanol–water partition coefficient (Wildman–Crippen LogP) is -2.90. The molecule has 4 heteroatoms. The summed E-state index contributed by atoms with van der Waals surface area (Å²) in [4.78, 5) is 0. The second-order valence-corrected chi connectivity index (χ2v) is 2.60. The monoisotopic (exact) mass is 219 g/mol. The van der Waals surface area contributed by atoms with Crippen LogP contribution in [0.3, 0.4) is 0 Å². The third kappa shape index (κ3) is 2.04. The summed E-state index contributed by atoms with van der Waals surface area (Å²) < 4.78 is 4.07. The minimum Gasteiger partial charge on any atom is -1.00 e. The fourth-order valence-corrected chi connectivity index (χ4v) is 1.00. The van der Waals surface area contributed by atoms with Crippen LogP contribution in [0.25, 0.3) is 0 Å². The van der Waals surface area contributed by atoms with Gasteiger partial charge in [-0.3, -0.25) is 5.73 Å². The van der Waals surface area contributed by atoms with Crippen LogP contribution in [0.1, 0.15) is 18.9 Å². The molecule has 0 amide bonds. The lowest BCUT2D eigenvalue weighted by Crippen LogP contribution is -3.00. The second kappa shape index (κ2) is 3.88. The number of aromatic nitrogens is 2. The van der Waals surface area contributed by atoms with Crippen LogP contribution in [-0.4, -0.2) is 4.57 Å². The molecule has 0 saturated heterocycles. The molecule has 2 N–H and O–H groups in total. The van der Waals surface area contributed by atoms with Crippen LogP contribution in [0.2, 0.25) is 0 Å². The van der Waals surface area contributed by atoms with Gasteiger partial charge in [0.15, 0.2) is 0 Å². The van der Waals surface area contributed by atoms with Gasteiger partial charge < -0.3 is 17.0 Å². The van der Waals surface area contributed by atoms with E-state index in [4.69, 9.17) is 5.73 Å². The first-order valence-electron chi connectivity index (χ1n) is 3.41. The fourth-order valence-electron chi connectivity index (χ4n) is 1.00. The third-order valence-corrected chi connectivity index (χ3v) is 1.77. The second-order valence-electron chi connectivity index (χ2n) is 2.60. The van der Waals surface area contributed by atoms with E-state index in [0.717, 1.165) is 0 Å². The first-order valence-corrected chi connectivity index (χ1v) is 3.41. The Balaban J connectivity index is 0.000001000. The Morgan fingerprint density at radius 1 is 1.64 bits per heavy atom. The zero-order valence-corrected chi connectivity index (χ0v) is 8.67. The van der Waals surface area contributed by atoms with Gasteiger partial charge in [0.1, 0.15) is 18.6 Å². The molecule has 0 bridgehead atoms. The molecule has 1 aromatic heterocycles. The van der Waals surface area contributed by atoms with E-state index in [0.29, 0.717) is 0 Å². The number of hydrogen-bond acceptors (Lipinski definition) is 1. The summed E-state index contributed by atoms with van der Waals surface area (Å²) in [5, 5.41) is 0. The number of aryl methyl sites for hydroxylation is 1. The van der Waals surface area contributed by atoms with E-state index in [-0.39, 0.29) is 23.1 Å². The van der Waals surface area contributed by atoms with Crippen molar-refractivity contribution in [2.75, 3.05) is 0 Å². The van der Waals surface area contributed by atoms with Crippen molar-refractivity contribution in [1.29, 1.82) is 0 Å². The minimum atomic E-state index is 0. The summed E-state index contributed by atoms with van der Waals surface area (Å²) in [5.41, 5.74) is 5.68. The number of imidazole rings is 1. The Kier molecular flexibility index (Phi) is 3.75. The van der Waals surface area contributed by atoms with Crippen LogP contribution < -0.4 is 27.3 Å². The first kappa shape index (κ1) is 10.7. The molecule has 1 rings (SSSR count). The summed E-state index contributed by atoms with van der Waals surface area (Å²) in [7, 11) is 2.01. The average molecular weight is 220 g/mol. The van der Waals surface area contributed by atoms with Crippen molar-refractivity contribution in [3.63, 3.8) is 0 Å². The highest BCUT2D eigenvalue weighted by atomic mass is 79.9. The lowest BCUT2D eigenvalue weighted by molar-refractivity contribution is -0.677. The van der Waals surface area contributed by atoms with Gasteiger partial charge in [0, 0.05) is 6.92 Å². The first-order chi connectivity index (χ1) is 4.63. The Hall–Kier alpha value is -0.350. The van der Waals surface area contributed by atoms with Crippen molar-refractivity contribution < 1.29 is 21.5 Å². The van der Waals surface area contributed by atoms with E-state index in [1.165, 1.54) is 5.82 Å². The quantitative estimate of drug-likeness (QED) is 0.506. The molecule has 1 atom stereocenters. The molecule has 0 radical (unpaired) electrons. The molecule has 3 nitrogen and oxygen atoms in total. The molecule has 0 fully saturated rings. The van der Waals surface area contributed by atoms with Gasteiger partial charge in [-0.15, -0.1) is 0 Å². The van der Waals surface area contributed by atoms with Crippen LogP contribution in [0.5, 0.6) is 0 Å².